The lowest BCUT2D eigenvalue weighted by Gasteiger charge is -2.22. The molecule has 0 bridgehead atoms. The van der Waals surface area contributed by atoms with E-state index >= 15 is 0 Å². The Kier molecular flexibility index (Phi) is 8.07. The second-order valence-corrected chi connectivity index (χ2v) is 10.3. The van der Waals surface area contributed by atoms with Crippen molar-refractivity contribution in [2.45, 2.75) is 39.7 Å². The maximum atomic E-state index is 13.3. The number of halogens is 1. The summed E-state index contributed by atoms with van der Waals surface area (Å²) in [5.41, 5.74) is 9.75. The highest BCUT2D eigenvalue weighted by Gasteiger charge is 2.22. The topological polar surface area (TPSA) is 106 Å². The molecule has 0 aliphatic carbocycles. The van der Waals surface area contributed by atoms with E-state index in [1.165, 1.54) is 0 Å². The van der Waals surface area contributed by atoms with Crippen molar-refractivity contribution in [1.82, 2.24) is 19.4 Å². The standard InChI is InChI=1S/C31H31ClN6O2/c1-3-11-37(12-4-2)30(39)23-15-25-26(32)16-22(17-27(25)36-28(33)18-23)20-6-7-24-21(14-20)8-13-38(31(24)40)19-29-34-9-5-10-35-29/h5-10,13-17H,3-4,11-12,18-19H2,1-2H3,(H2,33,36). The quantitative estimate of drug-likeness (QED) is 0.306. The molecule has 1 aliphatic heterocycles. The summed E-state index contributed by atoms with van der Waals surface area (Å²) in [6.45, 7) is 5.79. The van der Waals surface area contributed by atoms with E-state index in [4.69, 9.17) is 17.3 Å². The molecule has 204 valence electrons. The van der Waals surface area contributed by atoms with Gasteiger partial charge in [-0.05, 0) is 71.8 Å². The van der Waals surface area contributed by atoms with Crippen LogP contribution >= 0.6 is 11.6 Å². The number of aromatic nitrogens is 3. The van der Waals surface area contributed by atoms with Crippen LogP contribution in [0.3, 0.4) is 0 Å². The molecule has 8 nitrogen and oxygen atoms in total. The van der Waals surface area contributed by atoms with E-state index in [9.17, 15) is 9.59 Å². The zero-order valence-electron chi connectivity index (χ0n) is 22.6. The predicted molar refractivity (Wildman–Crippen MR) is 161 cm³/mol. The molecule has 1 amide bonds. The molecule has 0 atom stereocenters. The number of hydrogen-bond donors (Lipinski definition) is 1. The van der Waals surface area contributed by atoms with Crippen LogP contribution in [-0.4, -0.2) is 44.3 Å². The molecule has 0 radical (unpaired) electrons. The Bertz CT molecular complexity index is 1690. The summed E-state index contributed by atoms with van der Waals surface area (Å²) < 4.78 is 1.60. The maximum Gasteiger partial charge on any atom is 0.258 e. The number of fused-ring (bicyclic) bond motifs is 2. The van der Waals surface area contributed by atoms with Gasteiger partial charge in [0.1, 0.15) is 11.7 Å². The molecule has 5 rings (SSSR count). The van der Waals surface area contributed by atoms with Gasteiger partial charge in [0.15, 0.2) is 0 Å². The third-order valence-corrected chi connectivity index (χ3v) is 7.16. The van der Waals surface area contributed by atoms with E-state index in [0.717, 1.165) is 29.4 Å². The third-order valence-electron chi connectivity index (χ3n) is 6.85. The van der Waals surface area contributed by atoms with E-state index in [-0.39, 0.29) is 17.9 Å². The molecule has 0 spiro atoms. The second kappa shape index (κ2) is 11.8. The van der Waals surface area contributed by atoms with Crippen molar-refractivity contribution in [3.63, 3.8) is 0 Å². The lowest BCUT2D eigenvalue weighted by atomic mass is 9.98. The number of rotatable bonds is 8. The van der Waals surface area contributed by atoms with Crippen molar-refractivity contribution < 1.29 is 4.79 Å². The Labute approximate surface area is 237 Å². The second-order valence-electron chi connectivity index (χ2n) is 9.85. The number of pyridine rings is 1. The first-order valence-electron chi connectivity index (χ1n) is 13.4. The van der Waals surface area contributed by atoms with Crippen LogP contribution in [0.15, 0.2) is 76.4 Å². The fourth-order valence-electron chi connectivity index (χ4n) is 4.97. The van der Waals surface area contributed by atoms with Gasteiger partial charge in [-0.15, -0.1) is 0 Å². The number of hydrogen-bond acceptors (Lipinski definition) is 6. The molecular formula is C31H31ClN6O2. The lowest BCUT2D eigenvalue weighted by Crippen LogP contribution is -2.34. The van der Waals surface area contributed by atoms with Crippen LogP contribution in [0.25, 0.3) is 28.0 Å². The minimum absolute atomic E-state index is 0.0335. The van der Waals surface area contributed by atoms with Crippen molar-refractivity contribution in [2.75, 3.05) is 13.1 Å². The zero-order valence-corrected chi connectivity index (χ0v) is 23.4. The molecule has 1 aliphatic rings. The van der Waals surface area contributed by atoms with Crippen molar-refractivity contribution in [3.8, 4) is 11.1 Å². The molecule has 9 heteroatoms. The Morgan fingerprint density at radius 2 is 1.80 bits per heavy atom. The minimum Gasteiger partial charge on any atom is -0.387 e. The van der Waals surface area contributed by atoms with Gasteiger partial charge in [0.25, 0.3) is 5.56 Å². The smallest absolute Gasteiger partial charge is 0.258 e. The Hall–Kier alpha value is -4.30. The summed E-state index contributed by atoms with van der Waals surface area (Å²) >= 11 is 6.79. The van der Waals surface area contributed by atoms with Gasteiger partial charge in [-0.3, -0.25) is 9.59 Å². The van der Waals surface area contributed by atoms with Crippen LogP contribution in [0.5, 0.6) is 0 Å². The highest BCUT2D eigenvalue weighted by Crippen LogP contribution is 2.37. The highest BCUT2D eigenvalue weighted by molar-refractivity contribution is 6.33. The van der Waals surface area contributed by atoms with Crippen LogP contribution in [-0.2, 0) is 11.3 Å². The lowest BCUT2D eigenvalue weighted by molar-refractivity contribution is -0.127. The average Bonchev–Trinajstić information content (AvgIpc) is 3.13. The van der Waals surface area contributed by atoms with Crippen LogP contribution in [0.4, 0.5) is 5.69 Å². The van der Waals surface area contributed by atoms with Crippen molar-refractivity contribution >= 4 is 45.9 Å². The number of benzene rings is 2. The maximum absolute atomic E-state index is 13.3. The summed E-state index contributed by atoms with van der Waals surface area (Å²) in [7, 11) is 0. The molecular weight excluding hydrogens is 524 g/mol. The van der Waals surface area contributed by atoms with Gasteiger partial charge in [0.05, 0.1) is 17.3 Å². The SMILES string of the molecule is CCCN(CCC)C(=O)C1=Cc2c(Cl)cc(-c3ccc4c(=O)n(Cc5ncccn5)ccc4c3)cc2N=C(N)C1. The van der Waals surface area contributed by atoms with E-state index in [2.05, 4.69) is 28.8 Å². The van der Waals surface area contributed by atoms with Gasteiger partial charge in [0.2, 0.25) is 5.91 Å². The van der Waals surface area contributed by atoms with Crippen LogP contribution in [0.2, 0.25) is 5.02 Å². The van der Waals surface area contributed by atoms with Gasteiger partial charge < -0.3 is 15.2 Å². The number of nitrogens with two attached hydrogens (primary N) is 1. The number of nitrogens with zero attached hydrogens (tertiary/aromatic N) is 5. The summed E-state index contributed by atoms with van der Waals surface area (Å²) in [6, 6.07) is 13.1. The molecule has 2 aromatic heterocycles. The predicted octanol–water partition coefficient (Wildman–Crippen LogP) is 5.58. The largest absolute Gasteiger partial charge is 0.387 e. The molecule has 2 N–H and O–H groups in total. The summed E-state index contributed by atoms with van der Waals surface area (Å²) in [5, 5.41) is 1.88. The van der Waals surface area contributed by atoms with Crippen molar-refractivity contribution in [2.24, 2.45) is 10.7 Å². The molecule has 0 saturated heterocycles. The third kappa shape index (κ3) is 5.67. The number of amides is 1. The zero-order chi connectivity index (χ0) is 28.2. The fourth-order valence-corrected chi connectivity index (χ4v) is 5.24. The molecule has 0 unspecified atom stereocenters. The van der Waals surface area contributed by atoms with Crippen molar-refractivity contribution in [3.05, 3.63) is 93.4 Å². The van der Waals surface area contributed by atoms with E-state index < -0.39 is 0 Å². The summed E-state index contributed by atoms with van der Waals surface area (Å²) in [6.07, 6.45) is 8.92. The molecule has 0 fully saturated rings. The molecule has 3 heterocycles. The first-order chi connectivity index (χ1) is 19.4. The van der Waals surface area contributed by atoms with Crippen LogP contribution in [0, 0.1) is 0 Å². The van der Waals surface area contributed by atoms with E-state index in [1.807, 2.05) is 47.4 Å². The monoisotopic (exact) mass is 554 g/mol. The van der Waals surface area contributed by atoms with Gasteiger partial charge in [-0.1, -0.05) is 31.5 Å². The van der Waals surface area contributed by atoms with Gasteiger partial charge in [-0.25, -0.2) is 15.0 Å². The molecule has 4 aromatic rings. The Morgan fingerprint density at radius 3 is 2.52 bits per heavy atom. The van der Waals surface area contributed by atoms with E-state index in [0.29, 0.717) is 58.5 Å². The van der Waals surface area contributed by atoms with Crippen molar-refractivity contribution in [1.29, 1.82) is 0 Å². The molecule has 0 saturated carbocycles. The first kappa shape index (κ1) is 27.3. The van der Waals surface area contributed by atoms with Crippen LogP contribution < -0.4 is 11.3 Å². The fraction of sp³-hybridized carbons (Fsp3) is 0.258. The molecule has 40 heavy (non-hydrogen) atoms. The average molecular weight is 555 g/mol. The highest BCUT2D eigenvalue weighted by atomic mass is 35.5. The number of aliphatic imine (C=N–C) groups is 1. The van der Waals surface area contributed by atoms with Gasteiger partial charge >= 0.3 is 0 Å². The summed E-state index contributed by atoms with van der Waals surface area (Å²) in [4.78, 5) is 41.4. The van der Waals surface area contributed by atoms with Crippen LogP contribution in [0.1, 0.15) is 44.5 Å². The summed E-state index contributed by atoms with van der Waals surface area (Å²) in [5.74, 6) is 0.900. The van der Waals surface area contributed by atoms with Gasteiger partial charge in [-0.2, -0.15) is 0 Å². The Morgan fingerprint density at radius 1 is 1.05 bits per heavy atom. The number of carbonyl (C=O) groups is 1. The normalized spacial score (nSPS) is 12.9. The van der Waals surface area contributed by atoms with Gasteiger partial charge in [0, 0.05) is 54.6 Å². The Balaban J connectivity index is 1.50. The first-order valence-corrected chi connectivity index (χ1v) is 13.8. The number of amidine groups is 1. The van der Waals surface area contributed by atoms with E-state index in [1.54, 1.807) is 29.2 Å². The molecule has 2 aromatic carbocycles. The number of carbonyl (C=O) groups excluding carboxylic acids is 1. The minimum atomic E-state index is -0.114.